The van der Waals surface area contributed by atoms with E-state index in [-0.39, 0.29) is 23.5 Å². The number of carbonyl (C=O) groups excluding carboxylic acids is 1. The fourth-order valence-corrected chi connectivity index (χ4v) is 3.82. The maximum absolute atomic E-state index is 12.3. The number of halogens is 1. The number of hydrogen-bond donors (Lipinski definition) is 1. The van der Waals surface area contributed by atoms with E-state index < -0.39 is 10.0 Å². The van der Waals surface area contributed by atoms with Crippen molar-refractivity contribution in [2.45, 2.75) is 37.7 Å². The molecule has 0 bridgehead atoms. The molecule has 0 aromatic heterocycles. The maximum Gasteiger partial charge on any atom is 0.240 e. The van der Waals surface area contributed by atoms with Gasteiger partial charge in [0, 0.05) is 38.2 Å². The third-order valence-electron chi connectivity index (χ3n) is 4.01. The van der Waals surface area contributed by atoms with Gasteiger partial charge in [0.2, 0.25) is 15.9 Å². The number of nitrogens with zero attached hydrogens (tertiary/aromatic N) is 1. The quantitative estimate of drug-likeness (QED) is 0.791. The molecule has 134 valence electrons. The molecular formula is C16H23ClN2O4S. The number of benzene rings is 1. The highest BCUT2D eigenvalue weighted by Crippen LogP contribution is 2.19. The zero-order valence-corrected chi connectivity index (χ0v) is 15.5. The van der Waals surface area contributed by atoms with E-state index in [1.54, 1.807) is 17.9 Å². The van der Waals surface area contributed by atoms with E-state index in [4.69, 9.17) is 16.3 Å². The van der Waals surface area contributed by atoms with Crippen LogP contribution in [-0.2, 0) is 19.6 Å². The Morgan fingerprint density at radius 2 is 2.21 bits per heavy atom. The fraction of sp³-hybridized carbons (Fsp3) is 0.562. The van der Waals surface area contributed by atoms with Gasteiger partial charge < -0.3 is 9.64 Å². The smallest absolute Gasteiger partial charge is 0.240 e. The topological polar surface area (TPSA) is 75.7 Å². The first-order valence-electron chi connectivity index (χ1n) is 7.92. The van der Waals surface area contributed by atoms with Crippen LogP contribution in [0.4, 0.5) is 0 Å². The molecule has 24 heavy (non-hydrogen) atoms. The standard InChI is InChI=1S/C16H23ClN2O4S/c1-12-10-15(5-6-16(12)17)24(21,22)18-7-8-19(13(2)20)11-14-4-3-9-23-14/h5-6,10,14,18H,3-4,7-9,11H2,1-2H3. The zero-order valence-electron chi connectivity index (χ0n) is 13.9. The molecule has 0 radical (unpaired) electrons. The summed E-state index contributed by atoms with van der Waals surface area (Å²) >= 11 is 5.92. The summed E-state index contributed by atoms with van der Waals surface area (Å²) in [6, 6.07) is 4.55. The van der Waals surface area contributed by atoms with Gasteiger partial charge in [-0.15, -0.1) is 0 Å². The van der Waals surface area contributed by atoms with Crippen LogP contribution in [0.3, 0.4) is 0 Å². The third kappa shape index (κ3) is 5.17. The Labute approximate surface area is 148 Å². The molecule has 1 unspecified atom stereocenters. The average Bonchev–Trinajstić information content (AvgIpc) is 3.01. The van der Waals surface area contributed by atoms with Crippen molar-refractivity contribution in [1.29, 1.82) is 0 Å². The fourth-order valence-electron chi connectivity index (χ4n) is 2.59. The molecule has 0 spiro atoms. The number of nitrogens with one attached hydrogen (secondary N) is 1. The van der Waals surface area contributed by atoms with Crippen LogP contribution in [0.1, 0.15) is 25.3 Å². The summed E-state index contributed by atoms with van der Waals surface area (Å²) in [4.78, 5) is 13.5. The van der Waals surface area contributed by atoms with Gasteiger partial charge in [0.1, 0.15) is 0 Å². The third-order valence-corrected chi connectivity index (χ3v) is 5.89. The highest BCUT2D eigenvalue weighted by molar-refractivity contribution is 7.89. The van der Waals surface area contributed by atoms with Crippen molar-refractivity contribution in [1.82, 2.24) is 9.62 Å². The number of aryl methyl sites for hydroxylation is 1. The van der Waals surface area contributed by atoms with E-state index in [9.17, 15) is 13.2 Å². The van der Waals surface area contributed by atoms with Crippen LogP contribution >= 0.6 is 11.6 Å². The lowest BCUT2D eigenvalue weighted by molar-refractivity contribution is -0.130. The minimum absolute atomic E-state index is 0.0458. The Bertz CT molecular complexity index is 687. The predicted molar refractivity (Wildman–Crippen MR) is 92.6 cm³/mol. The number of rotatable bonds is 7. The van der Waals surface area contributed by atoms with Gasteiger partial charge in [-0.1, -0.05) is 11.6 Å². The lowest BCUT2D eigenvalue weighted by Gasteiger charge is -2.24. The Kier molecular flexibility index (Phi) is 6.62. The lowest BCUT2D eigenvalue weighted by atomic mass is 10.2. The van der Waals surface area contributed by atoms with E-state index in [2.05, 4.69) is 4.72 Å². The Morgan fingerprint density at radius 1 is 1.46 bits per heavy atom. The average molecular weight is 375 g/mol. The summed E-state index contributed by atoms with van der Waals surface area (Å²) in [6.07, 6.45) is 1.97. The van der Waals surface area contributed by atoms with Gasteiger partial charge in [0.15, 0.2) is 0 Å². The second-order valence-electron chi connectivity index (χ2n) is 5.91. The SMILES string of the molecule is CC(=O)N(CCNS(=O)(=O)c1ccc(Cl)c(C)c1)CC1CCCO1. The number of ether oxygens (including phenoxy) is 1. The highest BCUT2D eigenvalue weighted by atomic mass is 35.5. The molecule has 1 aliphatic rings. The number of sulfonamides is 1. The van der Waals surface area contributed by atoms with Crippen molar-refractivity contribution >= 4 is 27.5 Å². The molecule has 1 amide bonds. The van der Waals surface area contributed by atoms with Crippen molar-refractivity contribution < 1.29 is 17.9 Å². The van der Waals surface area contributed by atoms with Crippen LogP contribution in [0, 0.1) is 6.92 Å². The van der Waals surface area contributed by atoms with Gasteiger partial charge >= 0.3 is 0 Å². The molecule has 1 saturated heterocycles. The van der Waals surface area contributed by atoms with Crippen LogP contribution in [-0.4, -0.2) is 51.6 Å². The highest BCUT2D eigenvalue weighted by Gasteiger charge is 2.21. The molecular weight excluding hydrogens is 352 g/mol. The van der Waals surface area contributed by atoms with E-state index in [1.807, 2.05) is 0 Å². The van der Waals surface area contributed by atoms with Gasteiger partial charge in [-0.05, 0) is 43.5 Å². The van der Waals surface area contributed by atoms with Gasteiger partial charge in [-0.3, -0.25) is 4.79 Å². The first kappa shape index (κ1) is 19.2. The van der Waals surface area contributed by atoms with E-state index in [1.165, 1.54) is 19.1 Å². The van der Waals surface area contributed by atoms with E-state index in [0.717, 1.165) is 19.4 Å². The largest absolute Gasteiger partial charge is 0.376 e. The molecule has 1 fully saturated rings. The molecule has 1 N–H and O–H groups in total. The maximum atomic E-state index is 12.3. The Hall–Kier alpha value is -1.15. The molecule has 1 atom stereocenters. The Balaban J connectivity index is 1.92. The molecule has 6 nitrogen and oxygen atoms in total. The molecule has 0 saturated carbocycles. The molecule has 1 heterocycles. The van der Waals surface area contributed by atoms with Crippen LogP contribution in [0.15, 0.2) is 23.1 Å². The summed E-state index contributed by atoms with van der Waals surface area (Å²) < 4.78 is 32.7. The van der Waals surface area contributed by atoms with Gasteiger partial charge in [-0.25, -0.2) is 13.1 Å². The van der Waals surface area contributed by atoms with E-state index >= 15 is 0 Å². The van der Waals surface area contributed by atoms with Crippen LogP contribution < -0.4 is 4.72 Å². The minimum Gasteiger partial charge on any atom is -0.376 e. The van der Waals surface area contributed by atoms with Crippen LogP contribution in [0.5, 0.6) is 0 Å². The van der Waals surface area contributed by atoms with Crippen molar-refractivity contribution in [2.75, 3.05) is 26.2 Å². The molecule has 2 rings (SSSR count). The Morgan fingerprint density at radius 3 is 2.79 bits per heavy atom. The van der Waals surface area contributed by atoms with Crippen LogP contribution in [0.25, 0.3) is 0 Å². The van der Waals surface area contributed by atoms with Gasteiger partial charge in [0.25, 0.3) is 0 Å². The first-order chi connectivity index (χ1) is 11.3. The summed E-state index contributed by atoms with van der Waals surface area (Å²) in [5, 5.41) is 0.522. The van der Waals surface area contributed by atoms with Gasteiger partial charge in [-0.2, -0.15) is 0 Å². The summed E-state index contributed by atoms with van der Waals surface area (Å²) in [6.45, 7) is 4.90. The van der Waals surface area contributed by atoms with Crippen molar-refractivity contribution in [3.05, 3.63) is 28.8 Å². The number of amides is 1. The number of hydrogen-bond acceptors (Lipinski definition) is 4. The van der Waals surface area contributed by atoms with E-state index in [0.29, 0.717) is 23.7 Å². The molecule has 1 aliphatic heterocycles. The second kappa shape index (κ2) is 8.29. The van der Waals surface area contributed by atoms with Crippen molar-refractivity contribution in [3.8, 4) is 0 Å². The van der Waals surface area contributed by atoms with Crippen molar-refractivity contribution in [3.63, 3.8) is 0 Å². The van der Waals surface area contributed by atoms with Gasteiger partial charge in [0.05, 0.1) is 11.0 Å². The molecule has 8 heteroatoms. The summed E-state index contributed by atoms with van der Waals surface area (Å²) in [5.74, 6) is -0.0907. The first-order valence-corrected chi connectivity index (χ1v) is 9.78. The predicted octanol–water partition coefficient (Wildman–Crippen LogP) is 1.95. The molecule has 1 aromatic rings. The second-order valence-corrected chi connectivity index (χ2v) is 8.08. The van der Waals surface area contributed by atoms with Crippen LogP contribution in [0.2, 0.25) is 5.02 Å². The minimum atomic E-state index is -3.63. The van der Waals surface area contributed by atoms with Crippen molar-refractivity contribution in [2.24, 2.45) is 0 Å². The normalized spacial score (nSPS) is 17.9. The molecule has 1 aromatic carbocycles. The monoisotopic (exact) mass is 374 g/mol. The molecule has 0 aliphatic carbocycles. The lowest BCUT2D eigenvalue weighted by Crippen LogP contribution is -2.41. The number of carbonyl (C=O) groups is 1. The summed E-state index contributed by atoms with van der Waals surface area (Å²) in [5.41, 5.74) is 0.697. The zero-order chi connectivity index (χ0) is 17.7. The summed E-state index contributed by atoms with van der Waals surface area (Å²) in [7, 11) is -3.63.